The van der Waals surface area contributed by atoms with E-state index >= 15 is 0 Å². The van der Waals surface area contributed by atoms with E-state index in [1.54, 1.807) is 6.20 Å². The van der Waals surface area contributed by atoms with E-state index in [1.165, 1.54) is 12.8 Å². The summed E-state index contributed by atoms with van der Waals surface area (Å²) >= 11 is 0. The van der Waals surface area contributed by atoms with Crippen LogP contribution in [0.2, 0.25) is 0 Å². The third-order valence-corrected chi connectivity index (χ3v) is 2.70. The van der Waals surface area contributed by atoms with Crippen molar-refractivity contribution in [1.82, 2.24) is 5.32 Å². The molecule has 0 radical (unpaired) electrons. The Morgan fingerprint density at radius 1 is 1.47 bits per heavy atom. The average Bonchev–Trinajstić information content (AvgIpc) is 3.03. The van der Waals surface area contributed by atoms with Crippen LogP contribution >= 0.6 is 0 Å². The molecule has 2 atom stereocenters. The number of hydrogen-bond acceptors (Lipinski definition) is 4. The Kier molecular flexibility index (Phi) is 3.38. The molecule has 4 nitrogen and oxygen atoms in total. The number of nitrogens with two attached hydrogens (primary N) is 1. The van der Waals surface area contributed by atoms with E-state index in [1.807, 2.05) is 6.21 Å². The maximum atomic E-state index is 5.79. The summed E-state index contributed by atoms with van der Waals surface area (Å²) in [5.74, 6) is 0. The maximum Gasteiger partial charge on any atom is 0.0982 e. The minimum absolute atomic E-state index is 0.0567. The van der Waals surface area contributed by atoms with Crippen LogP contribution in [0, 0.1) is 0 Å². The predicted octanol–water partition coefficient (Wildman–Crippen LogP) is 0.439. The van der Waals surface area contributed by atoms with Crippen LogP contribution in [-0.2, 0) is 4.74 Å². The van der Waals surface area contributed by atoms with Gasteiger partial charge in [0, 0.05) is 31.1 Å². The van der Waals surface area contributed by atoms with Crippen molar-refractivity contribution in [2.24, 2.45) is 10.7 Å². The fourth-order valence-corrected chi connectivity index (χ4v) is 1.64. The van der Waals surface area contributed by atoms with Gasteiger partial charge in [0.05, 0.1) is 18.2 Å². The molecule has 0 spiro atoms. The second kappa shape index (κ2) is 4.77. The van der Waals surface area contributed by atoms with Crippen molar-refractivity contribution in [1.29, 1.82) is 0 Å². The lowest BCUT2D eigenvalue weighted by Crippen LogP contribution is -2.44. The van der Waals surface area contributed by atoms with Gasteiger partial charge in [-0.05, 0) is 19.8 Å². The average molecular weight is 209 g/mol. The molecule has 1 aliphatic heterocycles. The first-order valence-electron chi connectivity index (χ1n) is 5.60. The molecule has 4 heteroatoms. The molecule has 0 aromatic rings. The largest absolute Gasteiger partial charge is 0.404 e. The lowest BCUT2D eigenvalue weighted by molar-refractivity contribution is -0.00444. The maximum absolute atomic E-state index is 5.79. The van der Waals surface area contributed by atoms with Crippen LogP contribution in [0.4, 0.5) is 0 Å². The summed E-state index contributed by atoms with van der Waals surface area (Å²) in [7, 11) is 0. The second-order valence-electron chi connectivity index (χ2n) is 4.27. The monoisotopic (exact) mass is 209 g/mol. The molecule has 0 bridgehead atoms. The van der Waals surface area contributed by atoms with Crippen molar-refractivity contribution in [3.05, 3.63) is 11.8 Å². The molecule has 1 saturated heterocycles. The normalized spacial score (nSPS) is 33.5. The number of nitrogens with one attached hydrogen (secondary N) is 1. The van der Waals surface area contributed by atoms with Crippen LogP contribution in [0.3, 0.4) is 0 Å². The Bertz CT molecular complexity index is 271. The Labute approximate surface area is 90.6 Å². The molecule has 84 valence electrons. The molecule has 0 amide bonds. The highest BCUT2D eigenvalue weighted by molar-refractivity contribution is 5.80. The van der Waals surface area contributed by atoms with Gasteiger partial charge >= 0.3 is 0 Å². The Morgan fingerprint density at radius 2 is 2.27 bits per heavy atom. The van der Waals surface area contributed by atoms with Gasteiger partial charge in [0.25, 0.3) is 0 Å². The fraction of sp³-hybridized carbons (Fsp3) is 0.727. The molecular formula is C11H19N3O. The molecule has 2 unspecified atom stereocenters. The Hall–Kier alpha value is -0.870. The van der Waals surface area contributed by atoms with E-state index in [9.17, 15) is 0 Å². The molecule has 0 aromatic heterocycles. The quantitative estimate of drug-likeness (QED) is 0.663. The van der Waals surface area contributed by atoms with Crippen molar-refractivity contribution in [3.63, 3.8) is 0 Å². The summed E-state index contributed by atoms with van der Waals surface area (Å²) in [5, 5.41) is 3.32. The van der Waals surface area contributed by atoms with Crippen LogP contribution in [0.1, 0.15) is 19.8 Å². The Balaban J connectivity index is 1.92. The second-order valence-corrected chi connectivity index (χ2v) is 4.27. The minimum Gasteiger partial charge on any atom is -0.404 e. The van der Waals surface area contributed by atoms with Gasteiger partial charge in [-0.1, -0.05) is 0 Å². The number of aliphatic imine (C=N–C) groups is 1. The summed E-state index contributed by atoms with van der Waals surface area (Å²) in [5.41, 5.74) is 6.58. The molecule has 0 aromatic carbocycles. The van der Waals surface area contributed by atoms with E-state index in [0.29, 0.717) is 6.04 Å². The van der Waals surface area contributed by atoms with Gasteiger partial charge < -0.3 is 15.8 Å². The van der Waals surface area contributed by atoms with Gasteiger partial charge in [-0.15, -0.1) is 0 Å². The molecule has 15 heavy (non-hydrogen) atoms. The zero-order valence-corrected chi connectivity index (χ0v) is 9.15. The van der Waals surface area contributed by atoms with E-state index in [4.69, 9.17) is 10.5 Å². The zero-order chi connectivity index (χ0) is 10.7. The highest BCUT2D eigenvalue weighted by Gasteiger charge is 2.23. The number of hydrogen-bond donors (Lipinski definition) is 2. The van der Waals surface area contributed by atoms with Gasteiger partial charge in [0.1, 0.15) is 0 Å². The molecule has 2 fully saturated rings. The zero-order valence-electron chi connectivity index (χ0n) is 9.15. The minimum atomic E-state index is 0.0567. The first kappa shape index (κ1) is 10.6. The molecule has 2 rings (SSSR count). The first-order chi connectivity index (χ1) is 7.29. The van der Waals surface area contributed by atoms with Crippen LogP contribution in [-0.4, -0.2) is 37.6 Å². The standard InChI is InChI=1S/C11H19N3O/c1-8-5-13-7-11(15-8)9(4-12)6-14-10-2-3-10/h4,6,8,10-11,13H,2-3,5,7,12H2,1H3/b9-4+,14-6?. The highest BCUT2D eigenvalue weighted by Crippen LogP contribution is 2.23. The Morgan fingerprint density at radius 3 is 2.87 bits per heavy atom. The molecule has 1 saturated carbocycles. The summed E-state index contributed by atoms with van der Waals surface area (Å²) in [6.45, 7) is 3.80. The van der Waals surface area contributed by atoms with Crippen molar-refractivity contribution in [2.75, 3.05) is 13.1 Å². The summed E-state index contributed by atoms with van der Waals surface area (Å²) in [6, 6.07) is 0.536. The van der Waals surface area contributed by atoms with Gasteiger partial charge in [-0.2, -0.15) is 0 Å². The third kappa shape index (κ3) is 3.04. The van der Waals surface area contributed by atoms with Gasteiger partial charge in [0.2, 0.25) is 0 Å². The molecule has 2 aliphatic rings. The van der Waals surface area contributed by atoms with E-state index < -0.39 is 0 Å². The van der Waals surface area contributed by atoms with Crippen molar-refractivity contribution >= 4 is 6.21 Å². The third-order valence-electron chi connectivity index (χ3n) is 2.70. The lowest BCUT2D eigenvalue weighted by Gasteiger charge is -2.29. The van der Waals surface area contributed by atoms with Gasteiger partial charge in [-0.3, -0.25) is 4.99 Å². The predicted molar refractivity (Wildman–Crippen MR) is 61.0 cm³/mol. The van der Waals surface area contributed by atoms with E-state index in [0.717, 1.165) is 18.7 Å². The first-order valence-corrected chi connectivity index (χ1v) is 5.60. The van der Waals surface area contributed by atoms with E-state index in [-0.39, 0.29) is 12.2 Å². The number of rotatable bonds is 3. The van der Waals surface area contributed by atoms with Crippen molar-refractivity contribution in [2.45, 2.75) is 38.0 Å². The highest BCUT2D eigenvalue weighted by atomic mass is 16.5. The fourth-order valence-electron chi connectivity index (χ4n) is 1.64. The van der Waals surface area contributed by atoms with Crippen molar-refractivity contribution in [3.8, 4) is 0 Å². The topological polar surface area (TPSA) is 59.6 Å². The molecule has 3 N–H and O–H groups in total. The van der Waals surface area contributed by atoms with Crippen LogP contribution < -0.4 is 11.1 Å². The van der Waals surface area contributed by atoms with Gasteiger partial charge in [-0.25, -0.2) is 0 Å². The summed E-state index contributed by atoms with van der Waals surface area (Å²) in [6.07, 6.45) is 6.22. The van der Waals surface area contributed by atoms with Gasteiger partial charge in [0.15, 0.2) is 0 Å². The van der Waals surface area contributed by atoms with Crippen molar-refractivity contribution < 1.29 is 4.74 Å². The number of nitrogens with zero attached hydrogens (tertiary/aromatic N) is 1. The van der Waals surface area contributed by atoms with Crippen LogP contribution in [0.15, 0.2) is 16.8 Å². The lowest BCUT2D eigenvalue weighted by atomic mass is 10.1. The van der Waals surface area contributed by atoms with E-state index in [2.05, 4.69) is 17.2 Å². The SMILES string of the molecule is CC1CNCC(/C(C=NC2CC2)=C/N)O1. The number of ether oxygens (including phenoxy) is 1. The van der Waals surface area contributed by atoms with Crippen LogP contribution in [0.5, 0.6) is 0 Å². The molecule has 1 aliphatic carbocycles. The number of morpholine rings is 1. The molecule has 1 heterocycles. The summed E-state index contributed by atoms with van der Waals surface area (Å²) in [4.78, 5) is 4.43. The smallest absolute Gasteiger partial charge is 0.0982 e. The van der Waals surface area contributed by atoms with Crippen LogP contribution in [0.25, 0.3) is 0 Å². The molecular weight excluding hydrogens is 190 g/mol. The summed E-state index contributed by atoms with van der Waals surface area (Å²) < 4.78 is 5.79.